The monoisotopic (exact) mass is 335 g/mol. The third kappa shape index (κ3) is 4.67. The summed E-state index contributed by atoms with van der Waals surface area (Å²) >= 11 is 0. The Kier molecular flexibility index (Phi) is 4.52. The summed E-state index contributed by atoms with van der Waals surface area (Å²) in [6.07, 6.45) is 3.50. The van der Waals surface area contributed by atoms with Gasteiger partial charge in [0.2, 0.25) is 5.95 Å². The van der Waals surface area contributed by atoms with Crippen LogP contribution >= 0.6 is 0 Å². The number of phenolic OH excluding ortho intramolecular Hbond substituents is 1. The second-order valence-corrected chi connectivity index (χ2v) is 6.75. The van der Waals surface area contributed by atoms with Gasteiger partial charge in [0.15, 0.2) is 0 Å². The fourth-order valence-corrected chi connectivity index (χ4v) is 2.26. The van der Waals surface area contributed by atoms with E-state index in [0.29, 0.717) is 11.8 Å². The van der Waals surface area contributed by atoms with Crippen LogP contribution in [0.15, 0.2) is 54.9 Å². The summed E-state index contributed by atoms with van der Waals surface area (Å²) in [5, 5.41) is 16.0. The van der Waals surface area contributed by atoms with Crippen molar-refractivity contribution in [3.63, 3.8) is 0 Å². The van der Waals surface area contributed by atoms with Crippen LogP contribution in [0.4, 0.5) is 17.5 Å². The Hall–Kier alpha value is -3.15. The molecule has 3 rings (SSSR count). The SMILES string of the molecule is CC(C)(C)Nc1nc(Nc2ccc(O)cc2)cc(-c2cccnc2)n1. The molecule has 0 aliphatic rings. The molecule has 0 saturated carbocycles. The number of aromatic nitrogens is 3. The Morgan fingerprint density at radius 2 is 1.76 bits per heavy atom. The van der Waals surface area contributed by atoms with Gasteiger partial charge in [0.1, 0.15) is 11.6 Å². The molecule has 3 N–H and O–H groups in total. The van der Waals surface area contributed by atoms with E-state index in [1.165, 1.54) is 0 Å². The standard InChI is InChI=1S/C19H21N5O/c1-19(2,3)24-18-22-16(13-5-4-10-20-12-13)11-17(23-18)21-14-6-8-15(25)9-7-14/h4-12,25H,1-3H3,(H2,21,22,23,24). The molecule has 2 heterocycles. The maximum atomic E-state index is 9.42. The highest BCUT2D eigenvalue weighted by Gasteiger charge is 2.14. The smallest absolute Gasteiger partial charge is 0.225 e. The molecule has 0 unspecified atom stereocenters. The molecule has 0 saturated heterocycles. The van der Waals surface area contributed by atoms with Crippen LogP contribution in [0.25, 0.3) is 11.3 Å². The number of anilines is 3. The predicted molar refractivity (Wildman–Crippen MR) is 100 cm³/mol. The van der Waals surface area contributed by atoms with E-state index in [4.69, 9.17) is 0 Å². The van der Waals surface area contributed by atoms with Crippen LogP contribution in [-0.2, 0) is 0 Å². The minimum atomic E-state index is -0.163. The Morgan fingerprint density at radius 1 is 1.00 bits per heavy atom. The molecule has 25 heavy (non-hydrogen) atoms. The molecule has 2 aromatic heterocycles. The van der Waals surface area contributed by atoms with Crippen LogP contribution in [0.3, 0.4) is 0 Å². The molecule has 0 amide bonds. The Morgan fingerprint density at radius 3 is 2.40 bits per heavy atom. The Labute approximate surface area is 147 Å². The number of nitrogens with one attached hydrogen (secondary N) is 2. The first-order chi connectivity index (χ1) is 11.9. The van der Waals surface area contributed by atoms with Crippen molar-refractivity contribution < 1.29 is 5.11 Å². The first-order valence-corrected chi connectivity index (χ1v) is 8.03. The average Bonchev–Trinajstić information content (AvgIpc) is 2.56. The molecule has 0 atom stereocenters. The number of nitrogens with zero attached hydrogens (tertiary/aromatic N) is 3. The van der Waals surface area contributed by atoms with Crippen molar-refractivity contribution in [1.82, 2.24) is 15.0 Å². The van der Waals surface area contributed by atoms with Gasteiger partial charge < -0.3 is 15.7 Å². The van der Waals surface area contributed by atoms with Crippen LogP contribution in [0, 0.1) is 0 Å². The van der Waals surface area contributed by atoms with Gasteiger partial charge in [-0.3, -0.25) is 4.98 Å². The first-order valence-electron chi connectivity index (χ1n) is 8.03. The fraction of sp³-hybridized carbons (Fsp3) is 0.211. The molecular formula is C19H21N5O. The van der Waals surface area contributed by atoms with Crippen molar-refractivity contribution >= 4 is 17.5 Å². The summed E-state index contributed by atoms with van der Waals surface area (Å²) in [4.78, 5) is 13.3. The van der Waals surface area contributed by atoms with Crippen LogP contribution in [-0.4, -0.2) is 25.6 Å². The number of rotatable bonds is 4. The summed E-state index contributed by atoms with van der Waals surface area (Å²) in [7, 11) is 0. The van der Waals surface area contributed by atoms with Crippen LogP contribution in [0.5, 0.6) is 5.75 Å². The van der Waals surface area contributed by atoms with Crippen molar-refractivity contribution in [2.45, 2.75) is 26.3 Å². The van der Waals surface area contributed by atoms with Crippen LogP contribution in [0.2, 0.25) is 0 Å². The normalized spacial score (nSPS) is 11.2. The highest BCUT2D eigenvalue weighted by molar-refractivity contribution is 5.67. The zero-order chi connectivity index (χ0) is 17.9. The highest BCUT2D eigenvalue weighted by atomic mass is 16.3. The van der Waals surface area contributed by atoms with Gasteiger partial charge in [-0.1, -0.05) is 0 Å². The minimum absolute atomic E-state index is 0.163. The lowest BCUT2D eigenvalue weighted by Gasteiger charge is -2.21. The van der Waals surface area contributed by atoms with Crippen molar-refractivity contribution in [3.8, 4) is 17.0 Å². The Balaban J connectivity index is 1.98. The van der Waals surface area contributed by atoms with Crippen molar-refractivity contribution in [2.24, 2.45) is 0 Å². The van der Waals surface area contributed by atoms with Crippen LogP contribution in [0.1, 0.15) is 20.8 Å². The predicted octanol–water partition coefficient (Wildman–Crippen LogP) is 4.20. The maximum absolute atomic E-state index is 9.42. The van der Waals surface area contributed by atoms with Gasteiger partial charge in [-0.25, -0.2) is 4.98 Å². The lowest BCUT2D eigenvalue weighted by Crippen LogP contribution is -2.27. The molecule has 6 heteroatoms. The quantitative estimate of drug-likeness (QED) is 0.620. The van der Waals surface area contributed by atoms with E-state index in [9.17, 15) is 5.11 Å². The van der Waals surface area contributed by atoms with Gasteiger partial charge in [-0.2, -0.15) is 4.98 Å². The third-order valence-corrected chi connectivity index (χ3v) is 3.31. The molecule has 0 aliphatic heterocycles. The van der Waals surface area contributed by atoms with Crippen molar-refractivity contribution in [3.05, 3.63) is 54.9 Å². The maximum Gasteiger partial charge on any atom is 0.225 e. The molecule has 128 valence electrons. The largest absolute Gasteiger partial charge is 0.508 e. The van der Waals surface area contributed by atoms with Gasteiger partial charge in [0.05, 0.1) is 5.69 Å². The highest BCUT2D eigenvalue weighted by Crippen LogP contribution is 2.25. The van der Waals surface area contributed by atoms with Gasteiger partial charge >= 0.3 is 0 Å². The molecule has 0 spiro atoms. The summed E-state index contributed by atoms with van der Waals surface area (Å²) in [6, 6.07) is 12.5. The summed E-state index contributed by atoms with van der Waals surface area (Å²) in [5.41, 5.74) is 2.35. The second-order valence-electron chi connectivity index (χ2n) is 6.75. The second kappa shape index (κ2) is 6.76. The summed E-state index contributed by atoms with van der Waals surface area (Å²) < 4.78 is 0. The average molecular weight is 335 g/mol. The van der Waals surface area contributed by atoms with Crippen molar-refractivity contribution in [2.75, 3.05) is 10.6 Å². The van der Waals surface area contributed by atoms with Crippen LogP contribution < -0.4 is 10.6 Å². The van der Waals surface area contributed by atoms with E-state index < -0.39 is 0 Å². The van der Waals surface area contributed by atoms with E-state index in [1.54, 1.807) is 36.7 Å². The number of aromatic hydroxyl groups is 1. The van der Waals surface area contributed by atoms with Gasteiger partial charge in [-0.05, 0) is 57.2 Å². The number of hydrogen-bond donors (Lipinski definition) is 3. The fourth-order valence-electron chi connectivity index (χ4n) is 2.26. The van der Waals surface area contributed by atoms with E-state index >= 15 is 0 Å². The van der Waals surface area contributed by atoms with Crippen molar-refractivity contribution in [1.29, 1.82) is 0 Å². The lowest BCUT2D eigenvalue weighted by atomic mass is 10.1. The molecule has 0 aliphatic carbocycles. The minimum Gasteiger partial charge on any atom is -0.508 e. The number of hydrogen-bond acceptors (Lipinski definition) is 6. The first kappa shape index (κ1) is 16.7. The molecule has 0 fully saturated rings. The van der Waals surface area contributed by atoms with E-state index in [1.807, 2.05) is 18.2 Å². The van der Waals surface area contributed by atoms with E-state index in [0.717, 1.165) is 16.9 Å². The topological polar surface area (TPSA) is 83.0 Å². The summed E-state index contributed by atoms with van der Waals surface area (Å²) in [6.45, 7) is 6.17. The zero-order valence-corrected chi connectivity index (χ0v) is 14.5. The van der Waals surface area contributed by atoms with E-state index in [2.05, 4.69) is 46.4 Å². The van der Waals surface area contributed by atoms with E-state index in [-0.39, 0.29) is 11.3 Å². The van der Waals surface area contributed by atoms with Gasteiger partial charge in [0, 0.05) is 35.2 Å². The van der Waals surface area contributed by atoms with Gasteiger partial charge in [0.25, 0.3) is 0 Å². The molecule has 6 nitrogen and oxygen atoms in total. The Bertz CT molecular complexity index is 842. The number of benzene rings is 1. The number of pyridine rings is 1. The molecule has 1 aromatic carbocycles. The zero-order valence-electron chi connectivity index (χ0n) is 14.5. The molecule has 0 bridgehead atoms. The lowest BCUT2D eigenvalue weighted by molar-refractivity contribution is 0.475. The number of phenols is 1. The summed E-state index contributed by atoms with van der Waals surface area (Å²) in [5.74, 6) is 1.42. The molecule has 0 radical (unpaired) electrons. The molecular weight excluding hydrogens is 314 g/mol. The van der Waals surface area contributed by atoms with Gasteiger partial charge in [-0.15, -0.1) is 0 Å². The molecule has 3 aromatic rings. The third-order valence-electron chi connectivity index (χ3n) is 3.31.